The number of halogens is 1. The van der Waals surface area contributed by atoms with Crippen LogP contribution >= 0.6 is 11.6 Å². The van der Waals surface area contributed by atoms with Gasteiger partial charge in [0.05, 0.1) is 6.42 Å². The highest BCUT2D eigenvalue weighted by atomic mass is 35.5. The molecule has 0 amide bonds. The number of ether oxygens (including phenoxy) is 1. The van der Waals surface area contributed by atoms with Crippen LogP contribution in [0.15, 0.2) is 11.3 Å². The first-order valence-electron chi connectivity index (χ1n) is 5.39. The van der Waals surface area contributed by atoms with Crippen molar-refractivity contribution in [3.63, 3.8) is 0 Å². The number of hydrogen-bond donors (Lipinski definition) is 0. The molecule has 1 heterocycles. The Balaban J connectivity index is 2.33. The summed E-state index contributed by atoms with van der Waals surface area (Å²) in [4.78, 5) is 10.9. The van der Waals surface area contributed by atoms with Crippen molar-refractivity contribution in [3.8, 4) is 0 Å². The van der Waals surface area contributed by atoms with E-state index in [0.717, 1.165) is 16.7 Å². The number of allylic oxidation sites excluding steroid dienone is 1. The van der Waals surface area contributed by atoms with Crippen molar-refractivity contribution >= 4 is 22.7 Å². The molecule has 0 N–H and O–H groups in total. The molecule has 4 nitrogen and oxygen atoms in total. The van der Waals surface area contributed by atoms with Crippen LogP contribution in [-0.4, -0.2) is 22.0 Å². The van der Waals surface area contributed by atoms with Crippen LogP contribution in [0.5, 0.6) is 0 Å². The van der Waals surface area contributed by atoms with E-state index in [1.54, 1.807) is 0 Å². The second kappa shape index (κ2) is 4.09. The van der Waals surface area contributed by atoms with Gasteiger partial charge in [-0.3, -0.25) is 4.79 Å². The van der Waals surface area contributed by atoms with Crippen LogP contribution in [0.3, 0.4) is 0 Å². The summed E-state index contributed by atoms with van der Waals surface area (Å²) in [5, 5.41) is 12.1. The lowest BCUT2D eigenvalue weighted by molar-refractivity contribution is -0.414. The Morgan fingerprint density at radius 1 is 1.62 bits per heavy atom. The largest absolute Gasteiger partial charge is 0.618 e. The molecule has 2 rings (SSSR count). The highest BCUT2D eigenvalue weighted by Crippen LogP contribution is 2.38. The van der Waals surface area contributed by atoms with Crippen molar-refractivity contribution in [2.75, 3.05) is 0 Å². The fourth-order valence-corrected chi connectivity index (χ4v) is 2.75. The molecule has 0 radical (unpaired) electrons. The zero-order valence-corrected chi connectivity index (χ0v) is 10.1. The molecule has 0 fully saturated rings. The Labute approximate surface area is 99.1 Å². The molecule has 0 aromatic carbocycles. The first kappa shape index (κ1) is 11.5. The van der Waals surface area contributed by atoms with E-state index in [2.05, 4.69) is 0 Å². The van der Waals surface area contributed by atoms with Gasteiger partial charge in [-0.05, 0) is 30.4 Å². The number of rotatable bonds is 1. The molecule has 0 bridgehead atoms. The van der Waals surface area contributed by atoms with Gasteiger partial charge >= 0.3 is 5.97 Å². The van der Waals surface area contributed by atoms with E-state index in [-0.39, 0.29) is 17.1 Å². The smallest absolute Gasteiger partial charge is 0.303 e. The normalized spacial score (nSPS) is 29.4. The van der Waals surface area contributed by atoms with Crippen LogP contribution in [0.4, 0.5) is 0 Å². The second-order valence-electron chi connectivity index (χ2n) is 4.32. The van der Waals surface area contributed by atoms with Gasteiger partial charge in [-0.15, -0.1) is 0 Å². The first-order chi connectivity index (χ1) is 7.50. The fraction of sp³-hybridized carbons (Fsp3) is 0.636. The molecule has 2 atom stereocenters. The summed E-state index contributed by atoms with van der Waals surface area (Å²) < 4.78 is 5.87. The minimum atomic E-state index is -0.415. The molecule has 5 heteroatoms. The Hall–Kier alpha value is -1.03. The molecular weight excluding hydrogens is 230 g/mol. The minimum Gasteiger partial charge on any atom is -0.618 e. The summed E-state index contributed by atoms with van der Waals surface area (Å²) in [7, 11) is 0. The lowest BCUT2D eigenvalue weighted by Gasteiger charge is -2.21. The third kappa shape index (κ3) is 1.82. The highest BCUT2D eigenvalue weighted by Gasteiger charge is 2.41. The summed E-state index contributed by atoms with van der Waals surface area (Å²) in [6, 6.07) is 0. The predicted molar refractivity (Wildman–Crippen MR) is 60.1 cm³/mol. The number of carbonyl (C=O) groups excluding carboxylic acids is 1. The maximum Gasteiger partial charge on any atom is 0.303 e. The Morgan fingerprint density at radius 3 is 2.94 bits per heavy atom. The van der Waals surface area contributed by atoms with Crippen LogP contribution in [0.1, 0.15) is 33.1 Å². The maximum atomic E-state index is 11.8. The number of nitrogens with zero attached hydrogens (tertiary/aromatic N) is 1. The second-order valence-corrected chi connectivity index (χ2v) is 4.76. The standard InChI is InChI=1S/C11H14ClNO3/c1-6-5-10(12)13(15)11-8(6)3-4-9(11)16-7(2)14/h6,9H,3-5H2,1-2H3. The lowest BCUT2D eigenvalue weighted by Crippen LogP contribution is -2.28. The molecule has 2 unspecified atom stereocenters. The van der Waals surface area contributed by atoms with Gasteiger partial charge in [0.1, 0.15) is 0 Å². The predicted octanol–water partition coefficient (Wildman–Crippen LogP) is 2.15. The summed E-state index contributed by atoms with van der Waals surface area (Å²) >= 11 is 5.89. The first-order valence-corrected chi connectivity index (χ1v) is 5.77. The van der Waals surface area contributed by atoms with Crippen molar-refractivity contribution in [2.24, 2.45) is 5.92 Å². The van der Waals surface area contributed by atoms with E-state index in [1.807, 2.05) is 6.92 Å². The van der Waals surface area contributed by atoms with E-state index in [1.165, 1.54) is 6.92 Å². The topological polar surface area (TPSA) is 52.4 Å². The SMILES string of the molecule is CC(=O)OC1CCC2=C1[N+]([O-])=C(Cl)CC2C. The van der Waals surface area contributed by atoms with E-state index in [9.17, 15) is 10.0 Å². The van der Waals surface area contributed by atoms with Crippen molar-refractivity contribution < 1.29 is 14.3 Å². The summed E-state index contributed by atoms with van der Waals surface area (Å²) in [6.07, 6.45) is 1.67. The average molecular weight is 244 g/mol. The Kier molecular flexibility index (Phi) is 2.93. The summed E-state index contributed by atoms with van der Waals surface area (Å²) in [5.74, 6) is -0.0882. The number of esters is 1. The quantitative estimate of drug-likeness (QED) is 0.403. The third-order valence-electron chi connectivity index (χ3n) is 3.13. The van der Waals surface area contributed by atoms with Crippen LogP contribution in [0.25, 0.3) is 0 Å². The maximum absolute atomic E-state index is 11.8. The van der Waals surface area contributed by atoms with Crippen LogP contribution in [0, 0.1) is 11.1 Å². The Bertz CT molecular complexity index is 400. The zero-order valence-electron chi connectivity index (χ0n) is 9.33. The van der Waals surface area contributed by atoms with E-state index in [0.29, 0.717) is 18.5 Å². The Morgan fingerprint density at radius 2 is 2.31 bits per heavy atom. The van der Waals surface area contributed by atoms with Crippen molar-refractivity contribution in [2.45, 2.75) is 39.2 Å². The number of carbonyl (C=O) groups is 1. The monoisotopic (exact) mass is 243 g/mol. The molecule has 1 aliphatic carbocycles. The minimum absolute atomic E-state index is 0.272. The van der Waals surface area contributed by atoms with Crippen molar-refractivity contribution in [1.29, 1.82) is 0 Å². The molecule has 0 saturated carbocycles. The highest BCUT2D eigenvalue weighted by molar-refractivity contribution is 6.64. The van der Waals surface area contributed by atoms with E-state index in [4.69, 9.17) is 16.3 Å². The van der Waals surface area contributed by atoms with Crippen LogP contribution in [0.2, 0.25) is 0 Å². The molecule has 16 heavy (non-hydrogen) atoms. The van der Waals surface area contributed by atoms with Crippen LogP contribution < -0.4 is 0 Å². The molecule has 0 aromatic heterocycles. The average Bonchev–Trinajstić information content (AvgIpc) is 2.58. The summed E-state index contributed by atoms with van der Waals surface area (Å²) in [5.41, 5.74) is 1.64. The molecule has 0 spiro atoms. The van der Waals surface area contributed by atoms with Crippen molar-refractivity contribution in [3.05, 3.63) is 16.5 Å². The molecule has 0 aromatic rings. The molecule has 1 aliphatic heterocycles. The van der Waals surface area contributed by atoms with Gasteiger partial charge in [0.2, 0.25) is 5.70 Å². The lowest BCUT2D eigenvalue weighted by atomic mass is 9.95. The van der Waals surface area contributed by atoms with E-state index >= 15 is 0 Å². The van der Waals surface area contributed by atoms with Gasteiger partial charge in [0.25, 0.3) is 5.17 Å². The van der Waals surface area contributed by atoms with Gasteiger partial charge < -0.3 is 9.94 Å². The van der Waals surface area contributed by atoms with Gasteiger partial charge in [-0.2, -0.15) is 4.74 Å². The summed E-state index contributed by atoms with van der Waals surface area (Å²) in [6.45, 7) is 3.39. The third-order valence-corrected chi connectivity index (χ3v) is 3.43. The van der Waals surface area contributed by atoms with Crippen LogP contribution in [-0.2, 0) is 9.53 Å². The molecule has 2 aliphatic rings. The van der Waals surface area contributed by atoms with Gasteiger partial charge in [-0.25, -0.2) is 0 Å². The molecule has 0 saturated heterocycles. The fourth-order valence-electron chi connectivity index (χ4n) is 2.42. The van der Waals surface area contributed by atoms with Gasteiger partial charge in [-0.1, -0.05) is 6.92 Å². The molecule has 88 valence electrons. The molecular formula is C11H14ClNO3. The zero-order chi connectivity index (χ0) is 11.9. The van der Waals surface area contributed by atoms with Gasteiger partial charge in [0.15, 0.2) is 6.10 Å². The van der Waals surface area contributed by atoms with Crippen molar-refractivity contribution in [1.82, 2.24) is 0 Å². The number of hydroxylamine groups is 1. The number of hydrogen-bond acceptors (Lipinski definition) is 3. The van der Waals surface area contributed by atoms with E-state index < -0.39 is 6.10 Å². The van der Waals surface area contributed by atoms with Gasteiger partial charge in [0, 0.05) is 12.5 Å².